The van der Waals surface area contributed by atoms with Crippen LogP contribution < -0.4 is 5.32 Å². The number of hydrogen-bond donors (Lipinski definition) is 2. The van der Waals surface area contributed by atoms with Crippen molar-refractivity contribution in [2.45, 2.75) is 31.8 Å². The number of nitrogens with one attached hydrogen (secondary N) is 2. The van der Waals surface area contributed by atoms with Crippen LogP contribution in [0.2, 0.25) is 0 Å². The van der Waals surface area contributed by atoms with E-state index < -0.39 is 10.0 Å². The van der Waals surface area contributed by atoms with E-state index in [0.29, 0.717) is 24.5 Å². The Morgan fingerprint density at radius 3 is 2.71 bits per heavy atom. The van der Waals surface area contributed by atoms with Crippen LogP contribution in [0.1, 0.15) is 22.0 Å². The van der Waals surface area contributed by atoms with E-state index in [0.717, 1.165) is 10.6 Å². The van der Waals surface area contributed by atoms with Crippen molar-refractivity contribution in [2.24, 2.45) is 0 Å². The van der Waals surface area contributed by atoms with Crippen molar-refractivity contribution in [3.63, 3.8) is 0 Å². The monoisotopic (exact) mass is 329 g/mol. The fourth-order valence-electron chi connectivity index (χ4n) is 2.02. The van der Waals surface area contributed by atoms with Gasteiger partial charge in [-0.15, -0.1) is 11.3 Å². The van der Waals surface area contributed by atoms with Gasteiger partial charge in [0.05, 0.1) is 22.6 Å². The summed E-state index contributed by atoms with van der Waals surface area (Å²) >= 11 is 1.46. The smallest absolute Gasteiger partial charge is 0.246 e. The molecule has 0 saturated carbocycles. The predicted molar refractivity (Wildman–Crippen MR) is 81.6 cm³/mol. The van der Waals surface area contributed by atoms with E-state index in [9.17, 15) is 8.42 Å². The number of nitrogens with zero attached hydrogens (tertiary/aromatic N) is 3. The molecule has 2 aromatic heterocycles. The SMILES string of the molecule is CNCc1n[nH]c(C)c1S(=O)(=O)N(C)Cc1scnc1C. The summed E-state index contributed by atoms with van der Waals surface area (Å²) in [5.74, 6) is 0. The lowest BCUT2D eigenvalue weighted by Gasteiger charge is -2.17. The highest BCUT2D eigenvalue weighted by atomic mass is 32.2. The highest BCUT2D eigenvalue weighted by Gasteiger charge is 2.28. The van der Waals surface area contributed by atoms with Crippen molar-refractivity contribution in [3.8, 4) is 0 Å². The van der Waals surface area contributed by atoms with Gasteiger partial charge in [-0.1, -0.05) is 0 Å². The summed E-state index contributed by atoms with van der Waals surface area (Å²) in [4.78, 5) is 5.34. The highest BCUT2D eigenvalue weighted by molar-refractivity contribution is 7.89. The summed E-state index contributed by atoms with van der Waals surface area (Å²) in [7, 11) is -0.265. The Bertz CT molecular complexity index is 720. The fourth-order valence-corrected chi connectivity index (χ4v) is 4.39. The van der Waals surface area contributed by atoms with Crippen molar-refractivity contribution in [2.75, 3.05) is 14.1 Å². The molecule has 0 atom stereocenters. The lowest BCUT2D eigenvalue weighted by Crippen LogP contribution is -2.28. The molecular weight excluding hydrogens is 310 g/mol. The minimum atomic E-state index is -3.59. The van der Waals surface area contributed by atoms with E-state index in [1.807, 2.05) is 6.92 Å². The number of rotatable bonds is 6. The molecule has 116 valence electrons. The maximum Gasteiger partial charge on any atom is 0.246 e. The molecule has 2 aromatic rings. The van der Waals surface area contributed by atoms with E-state index >= 15 is 0 Å². The molecule has 0 aliphatic carbocycles. The minimum Gasteiger partial charge on any atom is -0.314 e. The number of H-pyrrole nitrogens is 1. The highest BCUT2D eigenvalue weighted by Crippen LogP contribution is 2.24. The molecule has 0 bridgehead atoms. The van der Waals surface area contributed by atoms with E-state index in [4.69, 9.17) is 0 Å². The van der Waals surface area contributed by atoms with Crippen LogP contribution in [0.25, 0.3) is 0 Å². The minimum absolute atomic E-state index is 0.251. The van der Waals surface area contributed by atoms with Gasteiger partial charge < -0.3 is 5.32 Å². The molecule has 2 heterocycles. The predicted octanol–water partition coefficient (Wildman–Crippen LogP) is 1.02. The van der Waals surface area contributed by atoms with Crippen LogP contribution in [0.15, 0.2) is 10.4 Å². The Balaban J connectivity index is 2.33. The first-order valence-electron chi connectivity index (χ1n) is 6.41. The van der Waals surface area contributed by atoms with E-state index in [-0.39, 0.29) is 4.90 Å². The third-order valence-electron chi connectivity index (χ3n) is 3.18. The topological polar surface area (TPSA) is 91.0 Å². The lowest BCUT2D eigenvalue weighted by atomic mass is 10.4. The molecular formula is C12H19N5O2S2. The average molecular weight is 329 g/mol. The second kappa shape index (κ2) is 6.22. The normalized spacial score (nSPS) is 12.2. The van der Waals surface area contributed by atoms with Gasteiger partial charge in [-0.2, -0.15) is 9.40 Å². The van der Waals surface area contributed by atoms with Crippen LogP contribution in [0.3, 0.4) is 0 Å². The molecule has 0 aliphatic rings. The van der Waals surface area contributed by atoms with Crippen molar-refractivity contribution < 1.29 is 8.42 Å². The van der Waals surface area contributed by atoms with Crippen LogP contribution in [-0.2, 0) is 23.1 Å². The molecule has 0 aliphatic heterocycles. The zero-order valence-corrected chi connectivity index (χ0v) is 14.1. The van der Waals surface area contributed by atoms with Gasteiger partial charge in [0.2, 0.25) is 10.0 Å². The van der Waals surface area contributed by atoms with Gasteiger partial charge >= 0.3 is 0 Å². The van der Waals surface area contributed by atoms with Crippen molar-refractivity contribution in [3.05, 3.63) is 27.5 Å². The first-order chi connectivity index (χ1) is 9.87. The molecule has 0 unspecified atom stereocenters. The summed E-state index contributed by atoms with van der Waals surface area (Å²) in [6, 6.07) is 0. The standard InChI is InChI=1S/C12H19N5O2S2/c1-8-11(20-7-14-8)6-17(4)21(18,19)12-9(2)15-16-10(12)5-13-3/h7,13H,5-6H2,1-4H3,(H,15,16). The molecule has 0 aromatic carbocycles. The first kappa shape index (κ1) is 16.1. The number of aromatic nitrogens is 3. The summed E-state index contributed by atoms with van der Waals surface area (Å²) in [6.07, 6.45) is 0. The zero-order chi connectivity index (χ0) is 15.6. The largest absolute Gasteiger partial charge is 0.314 e. The number of aryl methyl sites for hydroxylation is 2. The van der Waals surface area contributed by atoms with Gasteiger partial charge in [-0.05, 0) is 20.9 Å². The van der Waals surface area contributed by atoms with Gasteiger partial charge in [-0.3, -0.25) is 5.10 Å². The van der Waals surface area contributed by atoms with Crippen LogP contribution in [0, 0.1) is 13.8 Å². The first-order valence-corrected chi connectivity index (χ1v) is 8.73. The Morgan fingerprint density at radius 1 is 1.43 bits per heavy atom. The van der Waals surface area contributed by atoms with Crippen LogP contribution in [0.5, 0.6) is 0 Å². The lowest BCUT2D eigenvalue weighted by molar-refractivity contribution is 0.467. The van der Waals surface area contributed by atoms with Crippen molar-refractivity contribution >= 4 is 21.4 Å². The summed E-state index contributed by atoms with van der Waals surface area (Å²) in [5, 5.41) is 9.74. The number of aromatic amines is 1. The van der Waals surface area contributed by atoms with Crippen molar-refractivity contribution in [1.82, 2.24) is 24.8 Å². The molecule has 7 nitrogen and oxygen atoms in total. The van der Waals surface area contributed by atoms with E-state index in [2.05, 4.69) is 20.5 Å². The Kier molecular flexibility index (Phi) is 4.77. The average Bonchev–Trinajstić information content (AvgIpc) is 2.97. The Hall–Kier alpha value is -1.29. The summed E-state index contributed by atoms with van der Waals surface area (Å²) in [5.41, 5.74) is 3.64. The van der Waals surface area contributed by atoms with Gasteiger partial charge in [-0.25, -0.2) is 13.4 Å². The maximum atomic E-state index is 12.8. The number of hydrogen-bond acceptors (Lipinski definition) is 6. The maximum absolute atomic E-state index is 12.8. The Labute approximate surface area is 128 Å². The summed E-state index contributed by atoms with van der Waals surface area (Å²) in [6.45, 7) is 4.29. The molecule has 2 rings (SSSR count). The number of sulfonamides is 1. The zero-order valence-electron chi connectivity index (χ0n) is 12.5. The van der Waals surface area contributed by atoms with Crippen LogP contribution >= 0.6 is 11.3 Å². The second-order valence-corrected chi connectivity index (χ2v) is 7.70. The molecule has 0 spiro atoms. The third-order valence-corrected chi connectivity index (χ3v) is 6.11. The van der Waals surface area contributed by atoms with Crippen LogP contribution in [-0.4, -0.2) is 42.0 Å². The van der Waals surface area contributed by atoms with Crippen molar-refractivity contribution in [1.29, 1.82) is 0 Å². The molecule has 0 radical (unpaired) electrons. The third kappa shape index (κ3) is 3.15. The molecule has 2 N–H and O–H groups in total. The van der Waals surface area contributed by atoms with Gasteiger partial charge in [0, 0.05) is 25.0 Å². The van der Waals surface area contributed by atoms with Gasteiger partial charge in [0.25, 0.3) is 0 Å². The molecule has 9 heteroatoms. The molecule has 0 fully saturated rings. The quantitative estimate of drug-likeness (QED) is 0.826. The molecule has 0 amide bonds. The fraction of sp³-hybridized carbons (Fsp3) is 0.500. The summed E-state index contributed by atoms with van der Waals surface area (Å²) < 4.78 is 26.9. The van der Waals surface area contributed by atoms with Gasteiger partial charge in [0.15, 0.2) is 0 Å². The van der Waals surface area contributed by atoms with Crippen LogP contribution in [0.4, 0.5) is 0 Å². The van der Waals surface area contributed by atoms with E-state index in [1.165, 1.54) is 15.6 Å². The number of thiazole rings is 1. The van der Waals surface area contributed by atoms with E-state index in [1.54, 1.807) is 26.5 Å². The Morgan fingerprint density at radius 2 is 2.14 bits per heavy atom. The molecule has 21 heavy (non-hydrogen) atoms. The molecule has 0 saturated heterocycles. The second-order valence-electron chi connectivity index (χ2n) is 4.78. The van der Waals surface area contributed by atoms with Gasteiger partial charge in [0.1, 0.15) is 4.90 Å².